The lowest BCUT2D eigenvalue weighted by molar-refractivity contribution is 0.243. The fourth-order valence-corrected chi connectivity index (χ4v) is 1.56. The van der Waals surface area contributed by atoms with E-state index in [1.807, 2.05) is 0 Å². The van der Waals surface area contributed by atoms with E-state index in [1.54, 1.807) is 0 Å². The zero-order valence-electron chi connectivity index (χ0n) is 5.62. The van der Waals surface area contributed by atoms with E-state index in [0.717, 1.165) is 6.42 Å². The maximum absolute atomic E-state index is 10.7. The van der Waals surface area contributed by atoms with Crippen LogP contribution in [0, 0.1) is 0 Å². The molecule has 0 bridgehead atoms. The summed E-state index contributed by atoms with van der Waals surface area (Å²) in [6, 6.07) is -0.0220. The zero-order chi connectivity index (χ0) is 6.70. The van der Waals surface area contributed by atoms with Gasteiger partial charge in [-0.05, 0) is 20.3 Å². The number of amides is 2. The van der Waals surface area contributed by atoms with Crippen molar-refractivity contribution in [3.63, 3.8) is 0 Å². The van der Waals surface area contributed by atoms with Crippen LogP contribution in [0.2, 0.25) is 0 Å². The molecule has 1 saturated heterocycles. The van der Waals surface area contributed by atoms with Crippen molar-refractivity contribution in [2.24, 2.45) is 0 Å². The van der Waals surface area contributed by atoms with Crippen molar-refractivity contribution < 1.29 is 4.79 Å². The van der Waals surface area contributed by atoms with E-state index < -0.39 is 0 Å². The predicted molar refractivity (Wildman–Crippen MR) is 33.1 cm³/mol. The Morgan fingerprint density at radius 1 is 1.33 bits per heavy atom. The number of fused-ring (bicyclic) bond motifs is 1. The van der Waals surface area contributed by atoms with Crippen LogP contribution < -0.4 is 10.6 Å². The first-order valence-electron chi connectivity index (χ1n) is 3.16. The highest BCUT2D eigenvalue weighted by Gasteiger charge is 2.67. The normalized spacial score (nSPS) is 53.8. The van der Waals surface area contributed by atoms with Crippen LogP contribution >= 0.6 is 0 Å². The Morgan fingerprint density at radius 3 is 2.00 bits per heavy atom. The summed E-state index contributed by atoms with van der Waals surface area (Å²) in [5.74, 6) is 0. The van der Waals surface area contributed by atoms with Gasteiger partial charge in [0, 0.05) is 0 Å². The molecule has 2 fully saturated rings. The van der Waals surface area contributed by atoms with Crippen molar-refractivity contribution >= 4 is 6.03 Å². The molecular weight excluding hydrogens is 116 g/mol. The zero-order valence-corrected chi connectivity index (χ0v) is 5.62. The van der Waals surface area contributed by atoms with Gasteiger partial charge in [0.1, 0.15) is 0 Å². The Balaban J connectivity index is 2.29. The minimum absolute atomic E-state index is 0.0220. The smallest absolute Gasteiger partial charge is 0.315 e. The third-order valence-corrected chi connectivity index (χ3v) is 2.58. The maximum Gasteiger partial charge on any atom is 0.315 e. The molecule has 1 heterocycles. The number of carbonyl (C=O) groups excluding carboxylic acids is 1. The van der Waals surface area contributed by atoms with Crippen LogP contribution in [0.1, 0.15) is 20.3 Å². The molecule has 2 rings (SSSR count). The van der Waals surface area contributed by atoms with Crippen LogP contribution in [0.3, 0.4) is 0 Å². The summed E-state index contributed by atoms with van der Waals surface area (Å²) in [4.78, 5) is 10.7. The molecule has 1 aliphatic carbocycles. The quantitative estimate of drug-likeness (QED) is 0.479. The number of nitrogens with one attached hydrogen (secondary N) is 2. The van der Waals surface area contributed by atoms with Gasteiger partial charge in [0.15, 0.2) is 0 Å². The van der Waals surface area contributed by atoms with E-state index in [2.05, 4.69) is 24.5 Å². The van der Waals surface area contributed by atoms with Gasteiger partial charge >= 0.3 is 6.03 Å². The van der Waals surface area contributed by atoms with Gasteiger partial charge in [-0.1, -0.05) is 0 Å². The molecule has 0 aromatic heterocycles. The first kappa shape index (κ1) is 5.09. The molecular formula is C6H10N2O. The molecule has 2 N–H and O–H groups in total. The molecule has 3 heteroatoms. The molecule has 1 saturated carbocycles. The molecule has 0 unspecified atom stereocenters. The monoisotopic (exact) mass is 126 g/mol. The van der Waals surface area contributed by atoms with Crippen molar-refractivity contribution in [2.75, 3.05) is 0 Å². The van der Waals surface area contributed by atoms with Gasteiger partial charge in [-0.15, -0.1) is 0 Å². The number of urea groups is 1. The van der Waals surface area contributed by atoms with Gasteiger partial charge in [0.25, 0.3) is 0 Å². The minimum Gasteiger partial charge on any atom is -0.331 e. The molecule has 9 heavy (non-hydrogen) atoms. The molecule has 0 aromatic rings. The lowest BCUT2D eigenvalue weighted by Crippen LogP contribution is -2.31. The molecule has 0 aromatic carbocycles. The summed E-state index contributed by atoms with van der Waals surface area (Å²) in [6.07, 6.45) is 1.06. The Morgan fingerprint density at radius 2 is 1.78 bits per heavy atom. The van der Waals surface area contributed by atoms with E-state index in [0.29, 0.717) is 0 Å². The van der Waals surface area contributed by atoms with Gasteiger partial charge in [-0.2, -0.15) is 0 Å². The number of hydrogen-bond acceptors (Lipinski definition) is 1. The Hall–Kier alpha value is -0.730. The molecule has 0 spiro atoms. The largest absolute Gasteiger partial charge is 0.331 e. The SMILES string of the molecule is C[C@@]12C[C@]1(C)NC(=O)N2. The van der Waals surface area contributed by atoms with Crippen LogP contribution in [0.25, 0.3) is 0 Å². The fourth-order valence-electron chi connectivity index (χ4n) is 1.56. The van der Waals surface area contributed by atoms with E-state index in [4.69, 9.17) is 0 Å². The fraction of sp³-hybridized carbons (Fsp3) is 0.833. The highest BCUT2D eigenvalue weighted by molar-refractivity contribution is 5.82. The Labute approximate surface area is 53.8 Å². The maximum atomic E-state index is 10.7. The van der Waals surface area contributed by atoms with Gasteiger partial charge in [-0.3, -0.25) is 0 Å². The van der Waals surface area contributed by atoms with Gasteiger partial charge in [0.2, 0.25) is 0 Å². The summed E-state index contributed by atoms with van der Waals surface area (Å²) in [5, 5.41) is 5.72. The Bertz CT molecular complexity index is 173. The summed E-state index contributed by atoms with van der Waals surface area (Å²) < 4.78 is 0. The third-order valence-electron chi connectivity index (χ3n) is 2.58. The van der Waals surface area contributed by atoms with E-state index >= 15 is 0 Å². The second-order valence-corrected chi connectivity index (χ2v) is 3.42. The van der Waals surface area contributed by atoms with Crippen LogP contribution in [0.5, 0.6) is 0 Å². The first-order valence-corrected chi connectivity index (χ1v) is 3.16. The first-order chi connectivity index (χ1) is 4.06. The van der Waals surface area contributed by atoms with Gasteiger partial charge < -0.3 is 10.6 Å². The standard InChI is InChI=1S/C6H10N2O/c1-5-3-6(5,2)8-4(9)7-5/h3H2,1-2H3,(H2,7,8,9)/t5-,6+. The molecule has 2 atom stereocenters. The van der Waals surface area contributed by atoms with Crippen molar-refractivity contribution in [1.82, 2.24) is 10.6 Å². The van der Waals surface area contributed by atoms with E-state index in [1.165, 1.54) is 0 Å². The van der Waals surface area contributed by atoms with Crippen molar-refractivity contribution in [1.29, 1.82) is 0 Å². The lowest BCUT2D eigenvalue weighted by Gasteiger charge is -2.03. The summed E-state index contributed by atoms with van der Waals surface area (Å²) >= 11 is 0. The number of rotatable bonds is 0. The van der Waals surface area contributed by atoms with E-state index in [9.17, 15) is 4.79 Å². The molecule has 50 valence electrons. The van der Waals surface area contributed by atoms with Crippen LogP contribution in [-0.4, -0.2) is 17.1 Å². The lowest BCUT2D eigenvalue weighted by atomic mass is 10.2. The average Bonchev–Trinajstić information content (AvgIpc) is 1.97. The third kappa shape index (κ3) is 0.407. The Kier molecular flexibility index (Phi) is 0.542. The van der Waals surface area contributed by atoms with Crippen molar-refractivity contribution in [3.05, 3.63) is 0 Å². The van der Waals surface area contributed by atoms with E-state index in [-0.39, 0.29) is 17.1 Å². The predicted octanol–water partition coefficient (Wildman–Crippen LogP) is 0.220. The van der Waals surface area contributed by atoms with Gasteiger partial charge in [0.05, 0.1) is 11.1 Å². The second kappa shape index (κ2) is 0.958. The summed E-state index contributed by atoms with van der Waals surface area (Å²) in [6.45, 7) is 4.12. The minimum atomic E-state index is -0.0220. The molecule has 3 nitrogen and oxygen atoms in total. The summed E-state index contributed by atoms with van der Waals surface area (Å²) in [5.41, 5.74) is 0.119. The second-order valence-electron chi connectivity index (χ2n) is 3.42. The molecule has 1 aliphatic heterocycles. The number of hydrogen-bond donors (Lipinski definition) is 2. The number of carbonyl (C=O) groups is 1. The highest BCUT2D eigenvalue weighted by atomic mass is 16.2. The summed E-state index contributed by atoms with van der Waals surface area (Å²) in [7, 11) is 0. The molecule has 0 radical (unpaired) electrons. The van der Waals surface area contributed by atoms with Crippen molar-refractivity contribution in [3.8, 4) is 0 Å². The molecule has 2 aliphatic rings. The van der Waals surface area contributed by atoms with Crippen LogP contribution in [0.4, 0.5) is 4.79 Å². The van der Waals surface area contributed by atoms with Crippen LogP contribution in [0.15, 0.2) is 0 Å². The highest BCUT2D eigenvalue weighted by Crippen LogP contribution is 2.49. The molecule has 2 amide bonds. The van der Waals surface area contributed by atoms with Gasteiger partial charge in [-0.25, -0.2) is 4.79 Å². The van der Waals surface area contributed by atoms with Crippen molar-refractivity contribution in [2.45, 2.75) is 31.3 Å². The van der Waals surface area contributed by atoms with Crippen LogP contribution in [-0.2, 0) is 0 Å². The average molecular weight is 126 g/mol. The topological polar surface area (TPSA) is 41.1 Å².